The van der Waals surface area contributed by atoms with Gasteiger partial charge in [-0.05, 0) is 24.8 Å². The van der Waals surface area contributed by atoms with Crippen LogP contribution < -0.4 is 5.73 Å². The van der Waals surface area contributed by atoms with Gasteiger partial charge in [-0.2, -0.15) is 0 Å². The fourth-order valence-corrected chi connectivity index (χ4v) is 1.93. The minimum absolute atomic E-state index is 0.321. The largest absolute Gasteiger partial charge is 0.378 e. The van der Waals surface area contributed by atoms with Crippen molar-refractivity contribution in [1.29, 1.82) is 0 Å². The van der Waals surface area contributed by atoms with E-state index < -0.39 is 0 Å². The molecule has 2 heteroatoms. The molecule has 2 N–H and O–H groups in total. The van der Waals surface area contributed by atoms with Crippen LogP contribution in [0, 0.1) is 0 Å². The fraction of sp³-hybridized carbons (Fsp3) is 0.500. The SMILES string of the molecule is N[C@H]1CCO[C@@H](Cc2ccccc2)C1. The van der Waals surface area contributed by atoms with E-state index in [9.17, 15) is 0 Å². The summed E-state index contributed by atoms with van der Waals surface area (Å²) in [4.78, 5) is 0. The van der Waals surface area contributed by atoms with Crippen LogP contribution in [0.25, 0.3) is 0 Å². The van der Waals surface area contributed by atoms with Crippen LogP contribution in [-0.4, -0.2) is 18.8 Å². The Hall–Kier alpha value is -0.860. The van der Waals surface area contributed by atoms with Gasteiger partial charge in [-0.25, -0.2) is 0 Å². The van der Waals surface area contributed by atoms with Crippen LogP contribution in [0.15, 0.2) is 30.3 Å². The van der Waals surface area contributed by atoms with Crippen LogP contribution in [0.5, 0.6) is 0 Å². The topological polar surface area (TPSA) is 35.2 Å². The summed E-state index contributed by atoms with van der Waals surface area (Å²) in [6, 6.07) is 10.8. The van der Waals surface area contributed by atoms with E-state index in [2.05, 4.69) is 24.3 Å². The van der Waals surface area contributed by atoms with Gasteiger partial charge in [0, 0.05) is 12.6 Å². The summed E-state index contributed by atoms with van der Waals surface area (Å²) in [5.74, 6) is 0. The average molecular weight is 191 g/mol. The molecule has 0 aromatic heterocycles. The Balaban J connectivity index is 1.91. The fourth-order valence-electron chi connectivity index (χ4n) is 1.93. The molecule has 0 aliphatic carbocycles. The third-order valence-electron chi connectivity index (χ3n) is 2.71. The van der Waals surface area contributed by atoms with E-state index in [1.54, 1.807) is 0 Å². The molecule has 0 amide bonds. The highest BCUT2D eigenvalue weighted by Gasteiger charge is 2.19. The molecule has 1 aliphatic heterocycles. The molecule has 1 aliphatic rings. The smallest absolute Gasteiger partial charge is 0.0630 e. The van der Waals surface area contributed by atoms with E-state index in [4.69, 9.17) is 10.5 Å². The minimum atomic E-state index is 0.321. The van der Waals surface area contributed by atoms with E-state index in [1.807, 2.05) is 6.07 Å². The third-order valence-corrected chi connectivity index (χ3v) is 2.71. The van der Waals surface area contributed by atoms with E-state index in [1.165, 1.54) is 5.56 Å². The minimum Gasteiger partial charge on any atom is -0.378 e. The van der Waals surface area contributed by atoms with Gasteiger partial charge in [-0.1, -0.05) is 30.3 Å². The third kappa shape index (κ3) is 2.56. The lowest BCUT2D eigenvalue weighted by atomic mass is 9.98. The molecule has 14 heavy (non-hydrogen) atoms. The molecule has 1 fully saturated rings. The lowest BCUT2D eigenvalue weighted by Crippen LogP contribution is -2.35. The van der Waals surface area contributed by atoms with Gasteiger partial charge in [0.05, 0.1) is 6.10 Å². The quantitative estimate of drug-likeness (QED) is 0.772. The van der Waals surface area contributed by atoms with Gasteiger partial charge in [-0.3, -0.25) is 0 Å². The first-order chi connectivity index (χ1) is 6.84. The molecule has 1 aromatic carbocycles. The van der Waals surface area contributed by atoms with Crippen LogP contribution in [0.3, 0.4) is 0 Å². The van der Waals surface area contributed by atoms with Crippen molar-refractivity contribution in [3.63, 3.8) is 0 Å². The molecule has 0 radical (unpaired) electrons. The van der Waals surface area contributed by atoms with Crippen molar-refractivity contribution in [3.8, 4) is 0 Å². The molecular weight excluding hydrogens is 174 g/mol. The zero-order valence-corrected chi connectivity index (χ0v) is 8.36. The van der Waals surface area contributed by atoms with Crippen molar-refractivity contribution in [2.45, 2.75) is 31.4 Å². The molecule has 0 unspecified atom stereocenters. The Morgan fingerprint density at radius 2 is 2.07 bits per heavy atom. The summed E-state index contributed by atoms with van der Waals surface area (Å²) in [6.45, 7) is 0.818. The van der Waals surface area contributed by atoms with Crippen molar-refractivity contribution in [1.82, 2.24) is 0 Å². The molecule has 2 atom stereocenters. The summed E-state index contributed by atoms with van der Waals surface area (Å²) >= 11 is 0. The van der Waals surface area contributed by atoms with E-state index in [0.29, 0.717) is 12.1 Å². The number of nitrogens with two attached hydrogens (primary N) is 1. The molecule has 0 saturated carbocycles. The number of ether oxygens (including phenoxy) is 1. The monoisotopic (exact) mass is 191 g/mol. The molecule has 2 rings (SSSR count). The van der Waals surface area contributed by atoms with Crippen LogP contribution in [0.1, 0.15) is 18.4 Å². The number of hydrogen-bond donors (Lipinski definition) is 1. The van der Waals surface area contributed by atoms with Crippen molar-refractivity contribution in [2.75, 3.05) is 6.61 Å². The normalized spacial score (nSPS) is 27.5. The Bertz CT molecular complexity index is 273. The zero-order chi connectivity index (χ0) is 9.80. The van der Waals surface area contributed by atoms with Gasteiger partial charge in [0.1, 0.15) is 0 Å². The first-order valence-electron chi connectivity index (χ1n) is 5.25. The Labute approximate surface area is 85.1 Å². The molecule has 2 nitrogen and oxygen atoms in total. The van der Waals surface area contributed by atoms with Crippen molar-refractivity contribution >= 4 is 0 Å². The summed E-state index contributed by atoms with van der Waals surface area (Å²) < 4.78 is 5.67. The standard InChI is InChI=1S/C12H17NO/c13-11-6-7-14-12(9-11)8-10-4-2-1-3-5-10/h1-5,11-12H,6-9,13H2/t11-,12-/m0/s1. The maximum atomic E-state index is 5.90. The lowest BCUT2D eigenvalue weighted by molar-refractivity contribution is 0.00867. The zero-order valence-electron chi connectivity index (χ0n) is 8.36. The number of benzene rings is 1. The Morgan fingerprint density at radius 1 is 1.29 bits per heavy atom. The van der Waals surface area contributed by atoms with Gasteiger partial charge in [0.25, 0.3) is 0 Å². The first-order valence-corrected chi connectivity index (χ1v) is 5.25. The number of hydrogen-bond acceptors (Lipinski definition) is 2. The van der Waals surface area contributed by atoms with E-state index in [0.717, 1.165) is 25.9 Å². The van der Waals surface area contributed by atoms with Crippen molar-refractivity contribution in [3.05, 3.63) is 35.9 Å². The predicted molar refractivity (Wildman–Crippen MR) is 57.1 cm³/mol. The average Bonchev–Trinajstić information content (AvgIpc) is 2.19. The van der Waals surface area contributed by atoms with Crippen molar-refractivity contribution < 1.29 is 4.74 Å². The molecule has 0 bridgehead atoms. The van der Waals surface area contributed by atoms with Gasteiger partial charge in [0.15, 0.2) is 0 Å². The van der Waals surface area contributed by atoms with Crippen LogP contribution >= 0.6 is 0 Å². The summed E-state index contributed by atoms with van der Waals surface area (Å²) in [6.07, 6.45) is 3.32. The van der Waals surface area contributed by atoms with Gasteiger partial charge in [0.2, 0.25) is 0 Å². The van der Waals surface area contributed by atoms with Crippen LogP contribution in [0.2, 0.25) is 0 Å². The summed E-state index contributed by atoms with van der Waals surface area (Å²) in [5, 5.41) is 0. The van der Waals surface area contributed by atoms with Crippen LogP contribution in [0.4, 0.5) is 0 Å². The Morgan fingerprint density at radius 3 is 2.79 bits per heavy atom. The number of rotatable bonds is 2. The lowest BCUT2D eigenvalue weighted by Gasteiger charge is -2.27. The highest BCUT2D eigenvalue weighted by molar-refractivity contribution is 5.15. The molecule has 76 valence electrons. The van der Waals surface area contributed by atoms with E-state index >= 15 is 0 Å². The van der Waals surface area contributed by atoms with Crippen molar-refractivity contribution in [2.24, 2.45) is 5.73 Å². The Kier molecular flexibility index (Phi) is 3.17. The molecule has 1 heterocycles. The first kappa shape index (κ1) is 9.69. The molecule has 1 saturated heterocycles. The second-order valence-corrected chi connectivity index (χ2v) is 3.97. The molecule has 0 spiro atoms. The van der Waals surface area contributed by atoms with Gasteiger partial charge >= 0.3 is 0 Å². The van der Waals surface area contributed by atoms with Gasteiger partial charge < -0.3 is 10.5 Å². The maximum Gasteiger partial charge on any atom is 0.0630 e. The predicted octanol–water partition coefficient (Wildman–Crippen LogP) is 1.74. The highest BCUT2D eigenvalue weighted by Crippen LogP contribution is 2.16. The van der Waals surface area contributed by atoms with Crippen LogP contribution in [-0.2, 0) is 11.2 Å². The summed E-state index contributed by atoms with van der Waals surface area (Å²) in [7, 11) is 0. The maximum absolute atomic E-state index is 5.90. The van der Waals surface area contributed by atoms with E-state index in [-0.39, 0.29) is 0 Å². The second-order valence-electron chi connectivity index (χ2n) is 3.97. The molecular formula is C12H17NO. The summed E-state index contributed by atoms with van der Waals surface area (Å²) in [5.41, 5.74) is 7.24. The second kappa shape index (κ2) is 4.58. The highest BCUT2D eigenvalue weighted by atomic mass is 16.5. The molecule has 1 aromatic rings. The van der Waals surface area contributed by atoms with Gasteiger partial charge in [-0.15, -0.1) is 0 Å².